The standard InChI is InChI=1S/C32H37N11O2/c1-18-7-8-33-28(36-18)22-10-23(22)30(44)39-27-11-26(34-17-35-27)37-19(2)24-13-42-12-21(20-5-6-20)9-25(29(42)38-24)43-16-32(14-40(3)15-32)41(4)31(43)45/h7-9,11-13,17,19-20,22-23H,5-6,10,14-16H2,1-4H3,(H2,34,35,37,39,44)/t19-,22?,23?/m1/s1. The molecule has 13 heteroatoms. The number of carbonyl (C=O) groups excluding carboxylic acids is 2. The third-order valence-corrected chi connectivity index (χ3v) is 9.72. The zero-order chi connectivity index (χ0) is 31.0. The maximum absolute atomic E-state index is 13.5. The van der Waals surface area contributed by atoms with Gasteiger partial charge in [-0.2, -0.15) is 0 Å². The Bertz CT molecular complexity index is 1830. The third-order valence-electron chi connectivity index (χ3n) is 9.72. The molecule has 4 aromatic rings. The molecule has 4 fully saturated rings. The number of nitrogens with zero attached hydrogens (tertiary/aromatic N) is 9. The zero-order valence-corrected chi connectivity index (χ0v) is 25.9. The van der Waals surface area contributed by atoms with Crippen LogP contribution in [0.3, 0.4) is 0 Å². The van der Waals surface area contributed by atoms with Crippen LogP contribution in [-0.4, -0.2) is 90.3 Å². The van der Waals surface area contributed by atoms with Crippen LogP contribution >= 0.6 is 0 Å². The lowest BCUT2D eigenvalue weighted by molar-refractivity contribution is -0.117. The van der Waals surface area contributed by atoms with Crippen molar-refractivity contribution in [1.82, 2.24) is 39.1 Å². The summed E-state index contributed by atoms with van der Waals surface area (Å²) in [6.45, 7) is 6.34. The number of likely N-dealkylation sites (tertiary alicyclic amines) is 1. The molecule has 0 bridgehead atoms. The molecule has 6 heterocycles. The Kier molecular flexibility index (Phi) is 6.31. The molecule has 8 rings (SSSR count). The quantitative estimate of drug-likeness (QED) is 0.308. The van der Waals surface area contributed by atoms with E-state index in [-0.39, 0.29) is 35.4 Å². The van der Waals surface area contributed by atoms with Crippen LogP contribution in [0.4, 0.5) is 22.1 Å². The van der Waals surface area contributed by atoms with Gasteiger partial charge >= 0.3 is 6.03 Å². The molecular formula is C32H37N11O2. The minimum absolute atomic E-state index is 0.0214. The van der Waals surface area contributed by atoms with Crippen molar-refractivity contribution >= 4 is 34.9 Å². The second-order valence-corrected chi connectivity index (χ2v) is 13.3. The summed E-state index contributed by atoms with van der Waals surface area (Å²) in [5.74, 6) is 2.00. The van der Waals surface area contributed by atoms with Gasteiger partial charge in [0.1, 0.15) is 23.8 Å². The number of hydrogen-bond acceptors (Lipinski definition) is 9. The summed E-state index contributed by atoms with van der Waals surface area (Å²) in [5, 5.41) is 6.35. The molecule has 2 saturated carbocycles. The summed E-state index contributed by atoms with van der Waals surface area (Å²) in [7, 11) is 4.01. The monoisotopic (exact) mass is 607 g/mol. The maximum Gasteiger partial charge on any atom is 0.325 e. The predicted molar refractivity (Wildman–Crippen MR) is 168 cm³/mol. The van der Waals surface area contributed by atoms with E-state index >= 15 is 0 Å². The van der Waals surface area contributed by atoms with Crippen molar-refractivity contribution in [3.63, 3.8) is 0 Å². The van der Waals surface area contributed by atoms with Gasteiger partial charge in [-0.25, -0.2) is 29.7 Å². The first-order valence-corrected chi connectivity index (χ1v) is 15.6. The van der Waals surface area contributed by atoms with Crippen LogP contribution in [0.5, 0.6) is 0 Å². The second-order valence-electron chi connectivity index (χ2n) is 13.3. The van der Waals surface area contributed by atoms with E-state index in [9.17, 15) is 9.59 Å². The van der Waals surface area contributed by atoms with Crippen molar-refractivity contribution in [2.24, 2.45) is 5.92 Å². The molecule has 2 unspecified atom stereocenters. The summed E-state index contributed by atoms with van der Waals surface area (Å²) in [6.07, 6.45) is 10.4. The highest BCUT2D eigenvalue weighted by Gasteiger charge is 2.54. The van der Waals surface area contributed by atoms with Crippen LogP contribution in [0.1, 0.15) is 66.8 Å². The van der Waals surface area contributed by atoms with Crippen LogP contribution in [-0.2, 0) is 4.79 Å². The van der Waals surface area contributed by atoms with Crippen LogP contribution in [0.25, 0.3) is 5.65 Å². The van der Waals surface area contributed by atoms with E-state index in [2.05, 4.69) is 59.2 Å². The van der Waals surface area contributed by atoms with Crippen molar-refractivity contribution < 1.29 is 9.59 Å². The Labute approximate surface area is 261 Å². The molecule has 4 aromatic heterocycles. The van der Waals surface area contributed by atoms with Gasteiger partial charge in [0.15, 0.2) is 5.65 Å². The lowest BCUT2D eigenvalue weighted by Gasteiger charge is -2.49. The minimum atomic E-state index is -0.199. The summed E-state index contributed by atoms with van der Waals surface area (Å²) in [4.78, 5) is 55.1. The first-order valence-electron chi connectivity index (χ1n) is 15.6. The number of nitrogens with one attached hydrogen (secondary N) is 2. The van der Waals surface area contributed by atoms with Crippen molar-refractivity contribution in [1.29, 1.82) is 0 Å². The number of aryl methyl sites for hydroxylation is 1. The summed E-state index contributed by atoms with van der Waals surface area (Å²) < 4.78 is 2.07. The number of rotatable bonds is 8. The van der Waals surface area contributed by atoms with Gasteiger partial charge in [0, 0.05) is 62.3 Å². The number of amides is 3. The summed E-state index contributed by atoms with van der Waals surface area (Å²) in [5.41, 5.74) is 4.43. The molecule has 2 saturated heterocycles. The number of imidazole rings is 1. The van der Waals surface area contributed by atoms with E-state index in [1.807, 2.05) is 43.0 Å². The first kappa shape index (κ1) is 27.9. The van der Waals surface area contributed by atoms with Gasteiger partial charge in [-0.15, -0.1) is 0 Å². The Morgan fingerprint density at radius 1 is 1.04 bits per heavy atom. The Morgan fingerprint density at radius 3 is 2.60 bits per heavy atom. The molecule has 45 heavy (non-hydrogen) atoms. The van der Waals surface area contributed by atoms with Gasteiger partial charge in [-0.1, -0.05) is 0 Å². The molecule has 4 aliphatic rings. The molecule has 0 radical (unpaired) electrons. The van der Waals surface area contributed by atoms with Crippen molar-refractivity contribution in [3.8, 4) is 0 Å². The average Bonchev–Trinajstić information content (AvgIpc) is 3.93. The SMILES string of the molecule is Cc1ccnc(C2CC2C(=O)Nc2cc(N[C@H](C)c3cn4cc(C5CC5)cc(N5CC6(CN(C)C6)N(C)C5=O)c4n3)ncn2)n1. The van der Waals surface area contributed by atoms with E-state index in [4.69, 9.17) is 4.98 Å². The molecule has 0 aromatic carbocycles. The molecule has 2 N–H and O–H groups in total. The zero-order valence-electron chi connectivity index (χ0n) is 25.9. The number of carbonyl (C=O) groups is 2. The van der Waals surface area contributed by atoms with Crippen LogP contribution in [0.15, 0.2) is 43.1 Å². The van der Waals surface area contributed by atoms with Gasteiger partial charge in [0.2, 0.25) is 5.91 Å². The first-order chi connectivity index (χ1) is 21.7. The molecule has 2 aliphatic heterocycles. The minimum Gasteiger partial charge on any atom is -0.362 e. The largest absolute Gasteiger partial charge is 0.362 e. The maximum atomic E-state index is 13.5. The van der Waals surface area contributed by atoms with Crippen LogP contribution in [0, 0.1) is 12.8 Å². The van der Waals surface area contributed by atoms with E-state index in [0.717, 1.165) is 42.2 Å². The van der Waals surface area contributed by atoms with E-state index in [0.29, 0.717) is 29.9 Å². The highest BCUT2D eigenvalue weighted by molar-refractivity contribution is 5.99. The molecular weight excluding hydrogens is 570 g/mol. The molecule has 2 aliphatic carbocycles. The molecule has 3 atom stereocenters. The number of pyridine rings is 1. The number of hydrogen-bond donors (Lipinski definition) is 2. The smallest absolute Gasteiger partial charge is 0.325 e. The van der Waals surface area contributed by atoms with Gasteiger partial charge < -0.3 is 24.8 Å². The topological polar surface area (TPSA) is 137 Å². The number of fused-ring (bicyclic) bond motifs is 1. The highest BCUT2D eigenvalue weighted by atomic mass is 16.2. The van der Waals surface area contributed by atoms with Gasteiger partial charge in [0.25, 0.3) is 0 Å². The van der Waals surface area contributed by atoms with E-state index in [1.54, 1.807) is 12.3 Å². The van der Waals surface area contributed by atoms with Crippen LogP contribution in [0.2, 0.25) is 0 Å². The highest BCUT2D eigenvalue weighted by Crippen LogP contribution is 2.47. The fourth-order valence-electron chi connectivity index (χ4n) is 6.92. The van der Waals surface area contributed by atoms with Gasteiger partial charge in [-0.05, 0) is 63.8 Å². The molecule has 13 nitrogen and oxygen atoms in total. The number of anilines is 3. The average molecular weight is 608 g/mol. The Balaban J connectivity index is 1.00. The molecule has 232 valence electrons. The van der Waals surface area contributed by atoms with Crippen molar-refractivity contribution in [3.05, 3.63) is 65.9 Å². The molecule has 1 spiro atoms. The number of urea groups is 1. The number of likely N-dealkylation sites (N-methyl/N-ethyl adjacent to an activating group) is 2. The van der Waals surface area contributed by atoms with Crippen LogP contribution < -0.4 is 15.5 Å². The summed E-state index contributed by atoms with van der Waals surface area (Å²) in [6, 6.07) is 5.58. The fourth-order valence-corrected chi connectivity index (χ4v) is 6.92. The molecule has 3 amide bonds. The lowest BCUT2D eigenvalue weighted by Crippen LogP contribution is -2.67. The number of aromatic nitrogens is 6. The van der Waals surface area contributed by atoms with E-state index in [1.165, 1.54) is 24.7 Å². The summed E-state index contributed by atoms with van der Waals surface area (Å²) >= 11 is 0. The van der Waals surface area contributed by atoms with Gasteiger partial charge in [-0.3, -0.25) is 9.69 Å². The van der Waals surface area contributed by atoms with Crippen molar-refractivity contribution in [2.45, 2.75) is 56.5 Å². The van der Waals surface area contributed by atoms with E-state index < -0.39 is 0 Å². The predicted octanol–water partition coefficient (Wildman–Crippen LogP) is 3.57. The normalized spacial score (nSPS) is 23.0. The third kappa shape index (κ3) is 4.95. The second kappa shape index (κ2) is 10.2. The lowest BCUT2D eigenvalue weighted by atomic mass is 9.90. The Morgan fingerprint density at radius 2 is 1.84 bits per heavy atom. The van der Waals surface area contributed by atoms with Crippen molar-refractivity contribution in [2.75, 3.05) is 49.3 Å². The van der Waals surface area contributed by atoms with Gasteiger partial charge in [0.05, 0.1) is 29.5 Å². The fraction of sp³-hybridized carbons (Fsp3) is 0.469. The Hall–Kier alpha value is -4.65.